The van der Waals surface area contributed by atoms with E-state index in [4.69, 9.17) is 0 Å². The zero-order chi connectivity index (χ0) is 34.4. The number of nitrogens with zero attached hydrogens (tertiary/aromatic N) is 1. The van der Waals surface area contributed by atoms with E-state index in [9.17, 15) is 0 Å². The first-order chi connectivity index (χ1) is 25.8. The van der Waals surface area contributed by atoms with Crippen LogP contribution in [0.25, 0.3) is 75.1 Å². The molecular weight excluding hydrogens is 647 g/mol. The predicted octanol–water partition coefficient (Wildman–Crippen LogP) is 14.8. The van der Waals surface area contributed by atoms with Crippen LogP contribution in [0, 0.1) is 0 Å². The summed E-state index contributed by atoms with van der Waals surface area (Å²) in [5.41, 5.74) is 10.7. The van der Waals surface area contributed by atoms with Crippen molar-refractivity contribution >= 4 is 70.1 Å². The number of fused-ring (bicyclic) bond motifs is 6. The minimum atomic E-state index is 1.11. The van der Waals surface area contributed by atoms with Gasteiger partial charge in [-0.05, 0) is 85.8 Å². The normalized spacial score (nSPS) is 11.5. The molecule has 1 heterocycles. The molecule has 0 bridgehead atoms. The molecule has 0 aliphatic rings. The highest BCUT2D eigenvalue weighted by Crippen LogP contribution is 2.48. The lowest BCUT2D eigenvalue weighted by Crippen LogP contribution is -2.11. The second-order valence-corrected chi connectivity index (χ2v) is 14.3. The van der Waals surface area contributed by atoms with Crippen LogP contribution in [0.4, 0.5) is 17.1 Å². The lowest BCUT2D eigenvalue weighted by Gasteiger charge is -2.29. The van der Waals surface area contributed by atoms with Gasteiger partial charge < -0.3 is 4.90 Å². The fourth-order valence-electron chi connectivity index (χ4n) is 7.94. The highest BCUT2D eigenvalue weighted by molar-refractivity contribution is 7.25. The van der Waals surface area contributed by atoms with Gasteiger partial charge in [-0.15, -0.1) is 11.3 Å². The molecule has 2 heteroatoms. The highest BCUT2D eigenvalue weighted by atomic mass is 32.1. The van der Waals surface area contributed by atoms with Gasteiger partial charge >= 0.3 is 0 Å². The Morgan fingerprint density at radius 3 is 1.50 bits per heavy atom. The molecule has 0 radical (unpaired) electrons. The maximum absolute atomic E-state index is 2.46. The Morgan fingerprint density at radius 2 is 0.788 bits per heavy atom. The van der Waals surface area contributed by atoms with E-state index in [0.29, 0.717) is 0 Å². The number of para-hydroxylation sites is 1. The van der Waals surface area contributed by atoms with Crippen molar-refractivity contribution in [3.63, 3.8) is 0 Å². The first-order valence-corrected chi connectivity index (χ1v) is 18.6. The molecule has 0 aliphatic carbocycles. The molecule has 1 nitrogen and oxygen atoms in total. The second-order valence-electron chi connectivity index (χ2n) is 13.3. The highest BCUT2D eigenvalue weighted by Gasteiger charge is 2.22. The number of benzene rings is 9. The van der Waals surface area contributed by atoms with Crippen LogP contribution in [-0.4, -0.2) is 0 Å². The standard InChI is InChI=1S/C50H33NS/c1-4-16-34(17-5-1)39-22-12-14-26-46(39)51(38-29-31-43-42-24-13-15-27-47(42)52-48(43)33-38)37-28-30-41-40-23-10-11-25-44(40)49(35-18-6-2-7-19-35)50(45(41)32-37)36-20-8-3-9-21-36/h1-33H. The van der Waals surface area contributed by atoms with E-state index in [1.54, 1.807) is 0 Å². The van der Waals surface area contributed by atoms with Crippen molar-refractivity contribution in [2.75, 3.05) is 4.90 Å². The van der Waals surface area contributed by atoms with Crippen molar-refractivity contribution in [3.8, 4) is 33.4 Å². The molecule has 0 aliphatic heterocycles. The topological polar surface area (TPSA) is 3.24 Å². The summed E-state index contributed by atoms with van der Waals surface area (Å²) in [4.78, 5) is 2.46. The van der Waals surface area contributed by atoms with Crippen LogP contribution in [0.5, 0.6) is 0 Å². The molecule has 0 saturated carbocycles. The van der Waals surface area contributed by atoms with Gasteiger partial charge in [-0.1, -0.05) is 164 Å². The van der Waals surface area contributed by atoms with Crippen LogP contribution >= 0.6 is 11.3 Å². The first-order valence-electron chi connectivity index (χ1n) is 17.8. The summed E-state index contributed by atoms with van der Waals surface area (Å²) in [7, 11) is 0. The molecule has 0 saturated heterocycles. The van der Waals surface area contributed by atoms with E-state index in [0.717, 1.165) is 17.1 Å². The molecule has 0 fully saturated rings. The van der Waals surface area contributed by atoms with Gasteiger partial charge in [0.1, 0.15) is 0 Å². The third-order valence-electron chi connectivity index (χ3n) is 10.2. The van der Waals surface area contributed by atoms with Crippen molar-refractivity contribution in [2.45, 2.75) is 0 Å². The molecule has 0 N–H and O–H groups in total. The average molecular weight is 680 g/mol. The van der Waals surface area contributed by atoms with E-state index in [1.165, 1.54) is 75.1 Å². The number of thiophene rings is 1. The summed E-state index contributed by atoms with van der Waals surface area (Å²) < 4.78 is 2.59. The van der Waals surface area contributed by atoms with E-state index < -0.39 is 0 Å². The van der Waals surface area contributed by atoms with Crippen molar-refractivity contribution in [2.24, 2.45) is 0 Å². The van der Waals surface area contributed by atoms with E-state index >= 15 is 0 Å². The smallest absolute Gasteiger partial charge is 0.0540 e. The Kier molecular flexibility index (Phi) is 7.41. The van der Waals surface area contributed by atoms with Gasteiger partial charge in [0.25, 0.3) is 0 Å². The molecule has 0 atom stereocenters. The minimum absolute atomic E-state index is 1.11. The summed E-state index contributed by atoms with van der Waals surface area (Å²) in [6.45, 7) is 0. The Labute approximate surface area is 307 Å². The maximum atomic E-state index is 2.46. The lowest BCUT2D eigenvalue weighted by molar-refractivity contribution is 1.30. The number of anilines is 3. The van der Waals surface area contributed by atoms with Crippen molar-refractivity contribution in [3.05, 3.63) is 200 Å². The summed E-state index contributed by atoms with van der Waals surface area (Å²) in [6.07, 6.45) is 0. The van der Waals surface area contributed by atoms with Gasteiger partial charge in [-0.25, -0.2) is 0 Å². The Bertz CT molecular complexity index is 2890. The molecule has 10 aromatic rings. The average Bonchev–Trinajstić information content (AvgIpc) is 3.59. The van der Waals surface area contributed by atoms with Gasteiger partial charge in [0.2, 0.25) is 0 Å². The molecule has 0 spiro atoms. The van der Waals surface area contributed by atoms with Crippen LogP contribution in [0.15, 0.2) is 200 Å². The number of hydrogen-bond acceptors (Lipinski definition) is 2. The molecule has 52 heavy (non-hydrogen) atoms. The van der Waals surface area contributed by atoms with E-state index in [1.807, 2.05) is 11.3 Å². The molecule has 1 aromatic heterocycles. The first kappa shape index (κ1) is 30.4. The van der Waals surface area contributed by atoms with Crippen LogP contribution in [0.2, 0.25) is 0 Å². The molecule has 0 amide bonds. The van der Waals surface area contributed by atoms with Crippen molar-refractivity contribution in [1.29, 1.82) is 0 Å². The SMILES string of the molecule is c1ccc(-c2ccccc2N(c2ccc3c(c2)sc2ccccc23)c2ccc3c(c2)c(-c2ccccc2)c(-c2ccccc2)c2ccccc23)cc1. The predicted molar refractivity (Wildman–Crippen MR) is 225 cm³/mol. The molecule has 0 unspecified atom stereocenters. The van der Waals surface area contributed by atoms with Gasteiger partial charge in [0, 0.05) is 37.1 Å². The molecule has 244 valence electrons. The van der Waals surface area contributed by atoms with Gasteiger partial charge in [0.05, 0.1) is 5.69 Å². The fraction of sp³-hybridized carbons (Fsp3) is 0. The zero-order valence-corrected chi connectivity index (χ0v) is 29.2. The molecular formula is C50H33NS. The quantitative estimate of drug-likeness (QED) is 0.158. The largest absolute Gasteiger partial charge is 0.310 e. The van der Waals surface area contributed by atoms with Gasteiger partial charge in [-0.2, -0.15) is 0 Å². The minimum Gasteiger partial charge on any atom is -0.310 e. The second kappa shape index (κ2) is 12.7. The number of rotatable bonds is 6. The Balaban J connectivity index is 1.30. The Morgan fingerprint density at radius 1 is 0.308 bits per heavy atom. The van der Waals surface area contributed by atoms with E-state index in [2.05, 4.69) is 205 Å². The fourth-order valence-corrected chi connectivity index (χ4v) is 9.08. The summed E-state index contributed by atoms with van der Waals surface area (Å²) in [5.74, 6) is 0. The van der Waals surface area contributed by atoms with Gasteiger partial charge in [0.15, 0.2) is 0 Å². The lowest BCUT2D eigenvalue weighted by atomic mass is 9.85. The van der Waals surface area contributed by atoms with Crippen LogP contribution in [0.3, 0.4) is 0 Å². The molecule has 10 rings (SSSR count). The zero-order valence-electron chi connectivity index (χ0n) is 28.4. The molecule has 9 aromatic carbocycles. The van der Waals surface area contributed by atoms with Crippen molar-refractivity contribution < 1.29 is 0 Å². The van der Waals surface area contributed by atoms with Crippen LogP contribution in [-0.2, 0) is 0 Å². The van der Waals surface area contributed by atoms with Crippen molar-refractivity contribution in [1.82, 2.24) is 0 Å². The maximum Gasteiger partial charge on any atom is 0.0540 e. The summed E-state index contributed by atoms with van der Waals surface area (Å²) in [6, 6.07) is 73.0. The summed E-state index contributed by atoms with van der Waals surface area (Å²) >= 11 is 1.86. The monoisotopic (exact) mass is 679 g/mol. The third kappa shape index (κ3) is 5.07. The van der Waals surface area contributed by atoms with E-state index in [-0.39, 0.29) is 0 Å². The number of hydrogen-bond donors (Lipinski definition) is 0. The van der Waals surface area contributed by atoms with Crippen LogP contribution < -0.4 is 4.90 Å². The summed E-state index contributed by atoms with van der Waals surface area (Å²) in [5, 5.41) is 7.59. The van der Waals surface area contributed by atoms with Gasteiger partial charge in [-0.3, -0.25) is 0 Å². The third-order valence-corrected chi connectivity index (χ3v) is 11.4. The Hall–Kier alpha value is -6.48. The van der Waals surface area contributed by atoms with Crippen LogP contribution in [0.1, 0.15) is 0 Å².